The second-order valence-corrected chi connectivity index (χ2v) is 21.5. The number of aliphatic carboxylic acids is 1. The lowest BCUT2D eigenvalue weighted by molar-refractivity contribution is -0.227. The van der Waals surface area contributed by atoms with Crippen LogP contribution in [0.15, 0.2) is 141 Å². The van der Waals surface area contributed by atoms with E-state index in [0.29, 0.717) is 39.3 Å². The van der Waals surface area contributed by atoms with Crippen molar-refractivity contribution in [3.05, 3.63) is 157 Å². The molecule has 10 heteroatoms. The quantitative estimate of drug-likeness (QED) is 0.0722. The standard InChI is InChI=1S/C40H46O5.C19H30O3.C3H6O2/c1-4-22-38-23-14-21-34(37(38)39(25-24-38)42-26-27-43-39)35(28-30(2)3)45-36(41)29-44-40(31-15-8-5-9-16-31,32-17-10-6-11-18-32)33-19-12-7-13-20-33;1-4-7-18-8-5-6-15(16(20)13-14(2)3)17(18)19(10-9-18)21-11-12-22-19;1-2-3(4)5/h4-13,15-20,34-35,37H,1-2,14,21-29H2,3H3;4,15-17,20H,1-2,5-13H2,3H3;2H2,1H3,(H,4,5)/t34?,35-,37?,38?;15?,16-,17?,18?;/m11./s1. The molecule has 0 aromatic heterocycles. The largest absolute Gasteiger partial charge is 0.481 e. The van der Waals surface area contributed by atoms with Crippen LogP contribution in [0.2, 0.25) is 0 Å². The number of hydrogen-bond donors (Lipinski definition) is 2. The molecule has 4 aliphatic carbocycles. The van der Waals surface area contributed by atoms with Gasteiger partial charge in [0.05, 0.1) is 32.5 Å². The van der Waals surface area contributed by atoms with E-state index in [1.807, 2.05) is 74.5 Å². The van der Waals surface area contributed by atoms with Crippen molar-refractivity contribution in [3.8, 4) is 0 Å². The molecule has 0 radical (unpaired) electrons. The molecule has 2 aliphatic heterocycles. The number of hydrogen-bond acceptors (Lipinski definition) is 9. The summed E-state index contributed by atoms with van der Waals surface area (Å²) in [4.78, 5) is 23.3. The van der Waals surface area contributed by atoms with Gasteiger partial charge in [-0.2, -0.15) is 0 Å². The number of allylic oxidation sites excluding steroid dienone is 2. The zero-order valence-corrected chi connectivity index (χ0v) is 43.4. The molecule has 9 rings (SSSR count). The number of ether oxygens (including phenoxy) is 6. The maximum absolute atomic E-state index is 14.0. The summed E-state index contributed by atoms with van der Waals surface area (Å²) in [6.07, 6.45) is 17.4. The number of esters is 1. The van der Waals surface area contributed by atoms with E-state index in [-0.39, 0.29) is 65.7 Å². The summed E-state index contributed by atoms with van der Waals surface area (Å²) in [7, 11) is 0. The molecular formula is C62H82O10. The van der Waals surface area contributed by atoms with Crippen LogP contribution in [0.25, 0.3) is 0 Å². The predicted octanol–water partition coefficient (Wildman–Crippen LogP) is 12.7. The number of carbonyl (C=O) groups is 2. The average Bonchev–Trinajstić information content (AvgIpc) is 4.20. The number of aliphatic hydroxyl groups is 1. The molecule has 2 spiro atoms. The molecule has 2 heterocycles. The van der Waals surface area contributed by atoms with Crippen molar-refractivity contribution in [1.29, 1.82) is 0 Å². The predicted molar refractivity (Wildman–Crippen MR) is 282 cm³/mol. The normalized spacial score (nSPS) is 27.4. The van der Waals surface area contributed by atoms with E-state index >= 15 is 0 Å². The zero-order chi connectivity index (χ0) is 51.4. The van der Waals surface area contributed by atoms with Crippen molar-refractivity contribution in [2.45, 2.75) is 146 Å². The number of aliphatic hydroxyl groups excluding tert-OH is 1. The molecule has 10 nitrogen and oxygen atoms in total. The average molecular weight is 987 g/mol. The Morgan fingerprint density at radius 2 is 1.07 bits per heavy atom. The topological polar surface area (TPSA) is 130 Å². The molecule has 390 valence electrons. The molecule has 2 N–H and O–H groups in total. The minimum absolute atomic E-state index is 0.0360. The molecule has 0 bridgehead atoms. The lowest BCUT2D eigenvalue weighted by atomic mass is 9.59. The van der Waals surface area contributed by atoms with Gasteiger partial charge in [-0.25, -0.2) is 4.79 Å². The number of carbonyl (C=O) groups excluding carboxylic acids is 1. The number of fused-ring (bicyclic) bond motifs is 4. The summed E-state index contributed by atoms with van der Waals surface area (Å²) in [6, 6.07) is 30.3. The Kier molecular flexibility index (Phi) is 18.8. The Morgan fingerprint density at radius 1 is 0.667 bits per heavy atom. The van der Waals surface area contributed by atoms with E-state index in [9.17, 15) is 14.7 Å². The first-order valence-electron chi connectivity index (χ1n) is 26.7. The highest BCUT2D eigenvalue weighted by Gasteiger charge is 2.65. The van der Waals surface area contributed by atoms with E-state index < -0.39 is 23.1 Å². The van der Waals surface area contributed by atoms with Crippen molar-refractivity contribution in [2.75, 3.05) is 33.0 Å². The first kappa shape index (κ1) is 55.1. The molecule has 6 unspecified atom stereocenters. The van der Waals surface area contributed by atoms with Gasteiger partial charge in [-0.15, -0.1) is 26.3 Å². The molecule has 8 atom stereocenters. The third-order valence-corrected chi connectivity index (χ3v) is 16.8. The highest BCUT2D eigenvalue weighted by Crippen LogP contribution is 2.65. The maximum atomic E-state index is 14.0. The molecule has 3 aromatic carbocycles. The second kappa shape index (κ2) is 24.6. The van der Waals surface area contributed by atoms with Gasteiger partial charge in [0.2, 0.25) is 0 Å². The summed E-state index contributed by atoms with van der Waals surface area (Å²) in [5.41, 5.74) is 4.10. The highest BCUT2D eigenvalue weighted by atomic mass is 16.7. The van der Waals surface area contributed by atoms with Crippen LogP contribution in [0.1, 0.15) is 134 Å². The van der Waals surface area contributed by atoms with E-state index in [1.165, 1.54) is 12.8 Å². The van der Waals surface area contributed by atoms with Crippen LogP contribution in [0.3, 0.4) is 0 Å². The van der Waals surface area contributed by atoms with Crippen molar-refractivity contribution >= 4 is 11.9 Å². The van der Waals surface area contributed by atoms with Gasteiger partial charge in [0, 0.05) is 43.4 Å². The second-order valence-electron chi connectivity index (χ2n) is 21.5. The third-order valence-electron chi connectivity index (χ3n) is 16.8. The van der Waals surface area contributed by atoms with E-state index in [0.717, 1.165) is 92.0 Å². The molecule has 6 aliphatic rings. The van der Waals surface area contributed by atoms with Crippen LogP contribution in [-0.2, 0) is 43.6 Å². The molecule has 6 fully saturated rings. The zero-order valence-electron chi connectivity index (χ0n) is 43.4. The summed E-state index contributed by atoms with van der Waals surface area (Å²) < 4.78 is 38.4. The van der Waals surface area contributed by atoms with Crippen LogP contribution in [0.4, 0.5) is 0 Å². The van der Waals surface area contributed by atoms with Gasteiger partial charge in [-0.05, 0) is 105 Å². The molecular weight excluding hydrogens is 905 g/mol. The smallest absolute Gasteiger partial charge is 0.332 e. The van der Waals surface area contributed by atoms with Crippen LogP contribution in [0.5, 0.6) is 0 Å². The Bertz CT molecular complexity index is 2170. The highest BCUT2D eigenvalue weighted by molar-refractivity contribution is 5.71. The van der Waals surface area contributed by atoms with Gasteiger partial charge >= 0.3 is 11.9 Å². The lowest BCUT2D eigenvalue weighted by Crippen LogP contribution is -2.51. The summed E-state index contributed by atoms with van der Waals surface area (Å²) in [5.74, 6) is -1.47. The molecule has 72 heavy (non-hydrogen) atoms. The Hall–Kier alpha value is -4.68. The van der Waals surface area contributed by atoms with Crippen LogP contribution in [0, 0.1) is 34.5 Å². The SMILES string of the molecule is C=CCC12CCCC([C@@H](CC(=C)C)OC(=O)COC(c3ccccc3)(c3ccccc3)c3ccccc3)C1C1(CC2)OCCO1.C=CCC12CCCC([C@H](O)CC(=C)C)C1C1(CC2)OCCO1.CCC(=O)O. The van der Waals surface area contributed by atoms with Gasteiger partial charge in [0.1, 0.15) is 18.3 Å². The van der Waals surface area contributed by atoms with E-state index in [2.05, 4.69) is 68.8 Å². The molecule has 2 saturated heterocycles. The molecule has 4 saturated carbocycles. The van der Waals surface area contributed by atoms with Crippen molar-refractivity contribution in [1.82, 2.24) is 0 Å². The van der Waals surface area contributed by atoms with Gasteiger partial charge in [-0.1, -0.05) is 134 Å². The maximum Gasteiger partial charge on any atom is 0.332 e. The van der Waals surface area contributed by atoms with Gasteiger partial charge < -0.3 is 38.6 Å². The summed E-state index contributed by atoms with van der Waals surface area (Å²) in [5, 5.41) is 18.5. The summed E-state index contributed by atoms with van der Waals surface area (Å²) >= 11 is 0. The van der Waals surface area contributed by atoms with Crippen LogP contribution >= 0.6 is 0 Å². The fourth-order valence-electron chi connectivity index (χ4n) is 14.1. The van der Waals surface area contributed by atoms with Gasteiger partial charge in [-0.3, -0.25) is 4.79 Å². The number of carboxylic acids is 1. The fourth-order valence-corrected chi connectivity index (χ4v) is 14.1. The minimum Gasteiger partial charge on any atom is -0.481 e. The third kappa shape index (κ3) is 11.8. The van der Waals surface area contributed by atoms with Crippen LogP contribution in [-0.4, -0.2) is 79.0 Å². The van der Waals surface area contributed by atoms with Gasteiger partial charge in [0.15, 0.2) is 11.6 Å². The first-order chi connectivity index (χ1) is 34.7. The molecule has 3 aromatic rings. The number of rotatable bonds is 18. The van der Waals surface area contributed by atoms with E-state index in [1.54, 1.807) is 6.92 Å². The Morgan fingerprint density at radius 3 is 1.46 bits per heavy atom. The Balaban J connectivity index is 0.000000233. The lowest BCUT2D eigenvalue weighted by Gasteiger charge is -2.50. The number of carboxylic acid groups (broad SMARTS) is 1. The van der Waals surface area contributed by atoms with Gasteiger partial charge in [0.25, 0.3) is 0 Å². The van der Waals surface area contributed by atoms with Crippen LogP contribution < -0.4 is 0 Å². The Labute approximate surface area is 429 Å². The minimum atomic E-state index is -1.00. The van der Waals surface area contributed by atoms with Crippen molar-refractivity contribution < 1.29 is 48.2 Å². The fraction of sp³-hybridized carbons (Fsp3) is 0.548. The van der Waals surface area contributed by atoms with Crippen molar-refractivity contribution in [3.63, 3.8) is 0 Å². The first-order valence-corrected chi connectivity index (χ1v) is 26.7. The monoisotopic (exact) mass is 987 g/mol. The van der Waals surface area contributed by atoms with Crippen molar-refractivity contribution in [2.24, 2.45) is 34.5 Å². The number of benzene rings is 3. The van der Waals surface area contributed by atoms with E-state index in [4.69, 9.17) is 33.5 Å². The summed E-state index contributed by atoms with van der Waals surface area (Å²) in [6.45, 7) is 24.3. The molecule has 0 amide bonds.